The fourth-order valence-corrected chi connectivity index (χ4v) is 3.95. The fraction of sp³-hybridized carbons (Fsp3) is 0.440. The van der Waals surface area contributed by atoms with Crippen LogP contribution in [0.3, 0.4) is 0 Å². The van der Waals surface area contributed by atoms with Crippen molar-refractivity contribution in [3.8, 4) is 0 Å². The van der Waals surface area contributed by atoms with Gasteiger partial charge in [-0.15, -0.1) is 0 Å². The summed E-state index contributed by atoms with van der Waals surface area (Å²) in [5, 5.41) is 20.8. The molecule has 3 aromatic rings. The zero-order chi connectivity index (χ0) is 24.2. The molecule has 0 amide bonds. The van der Waals surface area contributed by atoms with E-state index in [1.807, 2.05) is 109 Å². The van der Waals surface area contributed by atoms with Crippen molar-refractivity contribution in [3.63, 3.8) is 0 Å². The smallest absolute Gasteiger partial charge is 0.116 e. The Labute approximate surface area is 192 Å². The van der Waals surface area contributed by atoms with E-state index in [1.165, 1.54) is 0 Å². The van der Waals surface area contributed by atoms with E-state index in [1.54, 1.807) is 0 Å². The molecule has 6 heteroatoms. The lowest BCUT2D eigenvalue weighted by molar-refractivity contribution is -0.0980. The van der Waals surface area contributed by atoms with Gasteiger partial charge in [0.25, 0.3) is 0 Å². The SMILES string of the molecule is C=O.CC.CC.CCC(c1ccc(Cl)cc1)(n1ncc2c(NC)cccc21)C(C)(C)O. The van der Waals surface area contributed by atoms with Gasteiger partial charge in [0.1, 0.15) is 12.3 Å². The van der Waals surface area contributed by atoms with Crippen molar-refractivity contribution in [2.75, 3.05) is 12.4 Å². The first-order valence-electron chi connectivity index (χ1n) is 10.8. The van der Waals surface area contributed by atoms with E-state index >= 15 is 0 Å². The van der Waals surface area contributed by atoms with E-state index in [2.05, 4.69) is 12.2 Å². The second kappa shape index (κ2) is 13.1. The number of fused-ring (bicyclic) bond motifs is 1. The van der Waals surface area contributed by atoms with E-state index < -0.39 is 11.1 Å². The minimum atomic E-state index is -1.04. The predicted molar refractivity (Wildman–Crippen MR) is 134 cm³/mol. The van der Waals surface area contributed by atoms with Crippen molar-refractivity contribution in [3.05, 3.63) is 59.2 Å². The van der Waals surface area contributed by atoms with Crippen LogP contribution in [-0.2, 0) is 10.3 Å². The number of hydrogen-bond acceptors (Lipinski definition) is 4. The molecule has 0 spiro atoms. The minimum absolute atomic E-state index is 0.673. The Morgan fingerprint density at radius 1 is 1.06 bits per heavy atom. The van der Waals surface area contributed by atoms with Gasteiger partial charge in [-0.3, -0.25) is 4.68 Å². The summed E-state index contributed by atoms with van der Waals surface area (Å²) in [6.07, 6.45) is 2.53. The Morgan fingerprint density at radius 2 is 1.61 bits per heavy atom. The van der Waals surface area contributed by atoms with E-state index in [0.29, 0.717) is 11.4 Å². The molecule has 31 heavy (non-hydrogen) atoms. The van der Waals surface area contributed by atoms with Gasteiger partial charge in [-0.1, -0.05) is 64.4 Å². The molecule has 5 nitrogen and oxygen atoms in total. The molecule has 2 N–H and O–H groups in total. The maximum atomic E-state index is 11.2. The first-order valence-corrected chi connectivity index (χ1v) is 11.1. The third kappa shape index (κ3) is 5.66. The van der Waals surface area contributed by atoms with Crippen LogP contribution in [-0.4, -0.2) is 34.3 Å². The molecule has 0 aliphatic rings. The molecular formula is C25H38ClN3O2. The van der Waals surface area contributed by atoms with Crippen LogP contribution in [0.5, 0.6) is 0 Å². The summed E-state index contributed by atoms with van der Waals surface area (Å²) in [6, 6.07) is 13.7. The van der Waals surface area contributed by atoms with Crippen LogP contribution < -0.4 is 5.32 Å². The van der Waals surface area contributed by atoms with Crippen LogP contribution in [0.1, 0.15) is 60.5 Å². The minimum Gasteiger partial charge on any atom is -0.388 e. The molecule has 0 aliphatic carbocycles. The molecule has 1 unspecified atom stereocenters. The number of carbonyl (C=O) groups excluding carboxylic acids is 1. The highest BCUT2D eigenvalue weighted by atomic mass is 35.5. The normalized spacial score (nSPS) is 12.2. The van der Waals surface area contributed by atoms with Gasteiger partial charge < -0.3 is 15.2 Å². The average molecular weight is 448 g/mol. The van der Waals surface area contributed by atoms with Crippen molar-refractivity contribution in [2.45, 2.75) is 66.0 Å². The highest BCUT2D eigenvalue weighted by molar-refractivity contribution is 6.30. The summed E-state index contributed by atoms with van der Waals surface area (Å²) in [6.45, 7) is 15.7. The molecule has 0 saturated heterocycles. The maximum absolute atomic E-state index is 11.2. The van der Waals surface area contributed by atoms with Gasteiger partial charge >= 0.3 is 0 Å². The van der Waals surface area contributed by atoms with E-state index in [0.717, 1.165) is 22.2 Å². The lowest BCUT2D eigenvalue weighted by Gasteiger charge is -2.44. The fourth-order valence-electron chi connectivity index (χ4n) is 3.82. The number of halogens is 1. The number of rotatable bonds is 5. The first-order chi connectivity index (χ1) is 14.8. The Bertz CT molecular complexity index is 901. The van der Waals surface area contributed by atoms with Crippen LogP contribution in [0.4, 0.5) is 5.69 Å². The van der Waals surface area contributed by atoms with Gasteiger partial charge in [-0.2, -0.15) is 5.10 Å². The standard InChI is InChI=1S/C20H24ClN3O.2C2H6.CH2O/c1-5-20(19(2,3)25,14-9-11-15(21)12-10-14)24-18-8-6-7-17(22-4)16(18)13-23-24;3*1-2/h6-13,22,25H,5H2,1-4H3;2*1-2H3;1H2. The predicted octanol–water partition coefficient (Wildman–Crippen LogP) is 6.52. The van der Waals surface area contributed by atoms with Crippen molar-refractivity contribution in [1.82, 2.24) is 9.78 Å². The molecule has 1 aromatic heterocycles. The summed E-state index contributed by atoms with van der Waals surface area (Å²) in [5.74, 6) is 0. The number of anilines is 1. The molecular weight excluding hydrogens is 410 g/mol. The lowest BCUT2D eigenvalue weighted by atomic mass is 9.74. The van der Waals surface area contributed by atoms with Crippen molar-refractivity contribution in [1.29, 1.82) is 0 Å². The maximum Gasteiger partial charge on any atom is 0.116 e. The van der Waals surface area contributed by atoms with E-state index in [-0.39, 0.29) is 0 Å². The van der Waals surface area contributed by atoms with Crippen LogP contribution >= 0.6 is 11.6 Å². The molecule has 3 rings (SSSR count). The highest BCUT2D eigenvalue weighted by Gasteiger charge is 2.47. The van der Waals surface area contributed by atoms with Crippen LogP contribution in [0.15, 0.2) is 48.7 Å². The number of benzene rings is 2. The molecule has 0 fully saturated rings. The molecule has 0 aliphatic heterocycles. The summed E-state index contributed by atoms with van der Waals surface area (Å²) >= 11 is 6.09. The molecule has 0 saturated carbocycles. The van der Waals surface area contributed by atoms with Crippen molar-refractivity contribution in [2.24, 2.45) is 0 Å². The Kier molecular flexibility index (Phi) is 12.1. The molecule has 2 aromatic carbocycles. The van der Waals surface area contributed by atoms with Gasteiger partial charge in [-0.25, -0.2) is 0 Å². The molecule has 1 heterocycles. The van der Waals surface area contributed by atoms with Gasteiger partial charge in [0, 0.05) is 23.1 Å². The zero-order valence-corrected chi connectivity index (χ0v) is 20.9. The molecule has 0 bridgehead atoms. The number of aromatic nitrogens is 2. The summed E-state index contributed by atoms with van der Waals surface area (Å²) in [5.41, 5.74) is 1.22. The van der Waals surface area contributed by atoms with Gasteiger partial charge in [0.2, 0.25) is 0 Å². The van der Waals surface area contributed by atoms with E-state index in [4.69, 9.17) is 21.5 Å². The Morgan fingerprint density at radius 3 is 2.06 bits per heavy atom. The monoisotopic (exact) mass is 447 g/mol. The molecule has 1 atom stereocenters. The quantitative estimate of drug-likeness (QED) is 0.467. The van der Waals surface area contributed by atoms with Crippen LogP contribution in [0.25, 0.3) is 10.9 Å². The number of nitrogens with zero attached hydrogens (tertiary/aromatic N) is 2. The topological polar surface area (TPSA) is 67.2 Å². The van der Waals surface area contributed by atoms with Crippen LogP contribution in [0.2, 0.25) is 5.02 Å². The van der Waals surface area contributed by atoms with Crippen molar-refractivity contribution >= 4 is 35.0 Å². The van der Waals surface area contributed by atoms with Crippen molar-refractivity contribution < 1.29 is 9.90 Å². The van der Waals surface area contributed by atoms with Gasteiger partial charge in [-0.05, 0) is 50.1 Å². The van der Waals surface area contributed by atoms with Gasteiger partial charge in [0.05, 0.1) is 17.3 Å². The average Bonchev–Trinajstić information content (AvgIpc) is 3.23. The number of nitrogens with one attached hydrogen (secondary N) is 1. The number of carbonyl (C=O) groups is 1. The third-order valence-corrected chi connectivity index (χ3v) is 5.34. The van der Waals surface area contributed by atoms with Gasteiger partial charge in [0.15, 0.2) is 0 Å². The number of hydrogen-bond donors (Lipinski definition) is 2. The lowest BCUT2D eigenvalue weighted by Crippen LogP contribution is -2.53. The van der Waals surface area contributed by atoms with E-state index in [9.17, 15) is 5.11 Å². The Balaban J connectivity index is 0.00000138. The highest BCUT2D eigenvalue weighted by Crippen LogP contribution is 2.42. The second-order valence-electron chi connectivity index (χ2n) is 6.82. The molecule has 0 radical (unpaired) electrons. The number of aliphatic hydroxyl groups is 1. The first kappa shape index (κ1) is 28.6. The Hall–Kier alpha value is -2.37. The summed E-state index contributed by atoms with van der Waals surface area (Å²) < 4.78 is 1.95. The van der Waals surface area contributed by atoms with Crippen LogP contribution in [0, 0.1) is 0 Å². The zero-order valence-electron chi connectivity index (χ0n) is 20.2. The second-order valence-corrected chi connectivity index (χ2v) is 7.26. The summed E-state index contributed by atoms with van der Waals surface area (Å²) in [4.78, 5) is 8.00. The molecule has 172 valence electrons. The third-order valence-electron chi connectivity index (χ3n) is 5.09. The largest absolute Gasteiger partial charge is 0.388 e. The summed E-state index contributed by atoms with van der Waals surface area (Å²) in [7, 11) is 1.90.